The summed E-state index contributed by atoms with van der Waals surface area (Å²) in [6.45, 7) is 1.72. The molecular weight excluding hydrogens is 257 g/mol. The van der Waals surface area contributed by atoms with Gasteiger partial charge in [0.25, 0.3) is 0 Å². The number of hydrogen-bond donors (Lipinski definition) is 1. The molecule has 2 rings (SSSR count). The van der Waals surface area contributed by atoms with E-state index in [1.165, 1.54) is 24.3 Å². The van der Waals surface area contributed by atoms with Crippen LogP contribution in [0.4, 0.5) is 19.0 Å². The molecule has 0 spiro atoms. The second-order valence-corrected chi connectivity index (χ2v) is 3.97. The largest absolute Gasteiger partial charge is 0.573 e. The van der Waals surface area contributed by atoms with Gasteiger partial charge in [0.1, 0.15) is 11.6 Å². The minimum Gasteiger partial charge on any atom is -0.405 e. The second kappa shape index (κ2) is 4.79. The van der Waals surface area contributed by atoms with E-state index in [1.54, 1.807) is 19.1 Å². The molecule has 0 saturated carbocycles. The van der Waals surface area contributed by atoms with E-state index in [-0.39, 0.29) is 11.6 Å². The standard InChI is InChI=1S/C13H11F3N2O/c1-8-6-9(7-12(17)18-8)10-4-2-3-5-11(10)19-13(14,15)16/h2-7H,1H3,(H2,17,18). The van der Waals surface area contributed by atoms with E-state index < -0.39 is 6.36 Å². The molecule has 0 saturated heterocycles. The van der Waals surface area contributed by atoms with Gasteiger partial charge in [0.2, 0.25) is 0 Å². The fourth-order valence-corrected chi connectivity index (χ4v) is 1.77. The highest BCUT2D eigenvalue weighted by molar-refractivity contribution is 5.72. The molecule has 6 heteroatoms. The average molecular weight is 268 g/mol. The van der Waals surface area contributed by atoms with Crippen LogP contribution in [-0.2, 0) is 0 Å². The van der Waals surface area contributed by atoms with Crippen molar-refractivity contribution in [3.63, 3.8) is 0 Å². The van der Waals surface area contributed by atoms with Crippen LogP contribution in [0.15, 0.2) is 36.4 Å². The van der Waals surface area contributed by atoms with Crippen molar-refractivity contribution in [1.82, 2.24) is 4.98 Å². The summed E-state index contributed by atoms with van der Waals surface area (Å²) in [4.78, 5) is 3.98. The number of para-hydroxylation sites is 1. The Morgan fingerprint density at radius 3 is 2.47 bits per heavy atom. The van der Waals surface area contributed by atoms with Crippen LogP contribution in [0.5, 0.6) is 5.75 Å². The number of hydrogen-bond acceptors (Lipinski definition) is 3. The zero-order chi connectivity index (χ0) is 14.0. The van der Waals surface area contributed by atoms with Crippen LogP contribution in [0.3, 0.4) is 0 Å². The van der Waals surface area contributed by atoms with Gasteiger partial charge in [-0.2, -0.15) is 0 Å². The smallest absolute Gasteiger partial charge is 0.405 e. The molecule has 1 aromatic heterocycles. The van der Waals surface area contributed by atoms with Gasteiger partial charge in [-0.05, 0) is 30.7 Å². The molecule has 0 atom stereocenters. The number of aryl methyl sites for hydroxylation is 1. The molecule has 1 aromatic carbocycles. The number of alkyl halides is 3. The van der Waals surface area contributed by atoms with Gasteiger partial charge in [-0.15, -0.1) is 13.2 Å². The van der Waals surface area contributed by atoms with E-state index in [9.17, 15) is 13.2 Å². The van der Waals surface area contributed by atoms with Crippen molar-refractivity contribution >= 4 is 5.82 Å². The first-order chi connectivity index (χ1) is 8.85. The van der Waals surface area contributed by atoms with Gasteiger partial charge in [0.05, 0.1) is 0 Å². The molecule has 2 aromatic rings. The van der Waals surface area contributed by atoms with Crippen LogP contribution in [-0.4, -0.2) is 11.3 Å². The number of nitrogen functional groups attached to an aromatic ring is 1. The third-order valence-electron chi connectivity index (χ3n) is 2.40. The van der Waals surface area contributed by atoms with E-state index in [1.807, 2.05) is 0 Å². The Morgan fingerprint density at radius 2 is 1.84 bits per heavy atom. The summed E-state index contributed by atoms with van der Waals surface area (Å²) >= 11 is 0. The van der Waals surface area contributed by atoms with E-state index in [2.05, 4.69) is 9.72 Å². The molecule has 0 amide bonds. The van der Waals surface area contributed by atoms with Crippen molar-refractivity contribution in [2.24, 2.45) is 0 Å². The average Bonchev–Trinajstić information content (AvgIpc) is 2.26. The van der Waals surface area contributed by atoms with Gasteiger partial charge in [0.15, 0.2) is 0 Å². The van der Waals surface area contributed by atoms with Crippen LogP contribution >= 0.6 is 0 Å². The predicted molar refractivity (Wildman–Crippen MR) is 65.5 cm³/mol. The van der Waals surface area contributed by atoms with Crippen molar-refractivity contribution in [3.05, 3.63) is 42.1 Å². The molecule has 0 aliphatic carbocycles. The highest BCUT2D eigenvalue weighted by Crippen LogP contribution is 2.34. The van der Waals surface area contributed by atoms with Crippen molar-refractivity contribution in [2.45, 2.75) is 13.3 Å². The summed E-state index contributed by atoms with van der Waals surface area (Å²) < 4.78 is 41.0. The van der Waals surface area contributed by atoms with Crippen molar-refractivity contribution in [1.29, 1.82) is 0 Å². The summed E-state index contributed by atoms with van der Waals surface area (Å²) in [5.74, 6) is -0.0168. The highest BCUT2D eigenvalue weighted by Gasteiger charge is 2.32. The lowest BCUT2D eigenvalue weighted by molar-refractivity contribution is -0.274. The maximum atomic E-state index is 12.3. The summed E-state index contributed by atoms with van der Waals surface area (Å²) in [6, 6.07) is 9.05. The molecule has 0 aliphatic heterocycles. The highest BCUT2D eigenvalue weighted by atomic mass is 19.4. The van der Waals surface area contributed by atoms with Crippen molar-refractivity contribution in [3.8, 4) is 16.9 Å². The molecule has 19 heavy (non-hydrogen) atoms. The lowest BCUT2D eigenvalue weighted by Crippen LogP contribution is -2.17. The van der Waals surface area contributed by atoms with Gasteiger partial charge < -0.3 is 10.5 Å². The quantitative estimate of drug-likeness (QED) is 0.906. The fourth-order valence-electron chi connectivity index (χ4n) is 1.77. The summed E-state index contributed by atoms with van der Waals surface area (Å²) in [5, 5.41) is 0. The van der Waals surface area contributed by atoms with Gasteiger partial charge in [-0.1, -0.05) is 18.2 Å². The zero-order valence-electron chi connectivity index (χ0n) is 10.0. The summed E-state index contributed by atoms with van der Waals surface area (Å²) in [7, 11) is 0. The number of ether oxygens (including phenoxy) is 1. The number of pyridine rings is 1. The lowest BCUT2D eigenvalue weighted by Gasteiger charge is -2.13. The van der Waals surface area contributed by atoms with Crippen LogP contribution in [0.2, 0.25) is 0 Å². The molecular formula is C13H11F3N2O. The lowest BCUT2D eigenvalue weighted by atomic mass is 10.0. The second-order valence-electron chi connectivity index (χ2n) is 3.97. The fraction of sp³-hybridized carbons (Fsp3) is 0.154. The van der Waals surface area contributed by atoms with Gasteiger partial charge in [-0.3, -0.25) is 0 Å². The molecule has 2 N–H and O–H groups in total. The first kappa shape index (κ1) is 13.2. The monoisotopic (exact) mass is 268 g/mol. The first-order valence-corrected chi connectivity index (χ1v) is 5.44. The molecule has 0 fully saturated rings. The molecule has 0 unspecified atom stereocenters. The summed E-state index contributed by atoms with van der Waals surface area (Å²) in [5.41, 5.74) is 7.07. The maximum Gasteiger partial charge on any atom is 0.573 e. The Balaban J connectivity index is 2.50. The minimum absolute atomic E-state index is 0.247. The number of nitrogens with two attached hydrogens (primary N) is 1. The number of halogens is 3. The molecule has 0 aliphatic rings. The van der Waals surface area contributed by atoms with Crippen LogP contribution in [0, 0.1) is 6.92 Å². The minimum atomic E-state index is -4.73. The van der Waals surface area contributed by atoms with E-state index >= 15 is 0 Å². The zero-order valence-corrected chi connectivity index (χ0v) is 10.0. The normalized spacial score (nSPS) is 11.4. The molecule has 0 radical (unpaired) electrons. The topological polar surface area (TPSA) is 48.1 Å². The van der Waals surface area contributed by atoms with Crippen molar-refractivity contribution < 1.29 is 17.9 Å². The van der Waals surface area contributed by atoms with Gasteiger partial charge in [-0.25, -0.2) is 4.98 Å². The van der Waals surface area contributed by atoms with Gasteiger partial charge in [0, 0.05) is 11.3 Å². The van der Waals surface area contributed by atoms with Crippen LogP contribution in [0.1, 0.15) is 5.69 Å². The summed E-state index contributed by atoms with van der Waals surface area (Å²) in [6.07, 6.45) is -4.73. The van der Waals surface area contributed by atoms with Crippen LogP contribution in [0.25, 0.3) is 11.1 Å². The number of benzene rings is 1. The van der Waals surface area contributed by atoms with Crippen LogP contribution < -0.4 is 10.5 Å². The molecule has 100 valence electrons. The third-order valence-corrected chi connectivity index (χ3v) is 2.40. The SMILES string of the molecule is Cc1cc(-c2ccccc2OC(F)(F)F)cc(N)n1. The van der Waals surface area contributed by atoms with Crippen molar-refractivity contribution in [2.75, 3.05) is 5.73 Å². The molecule has 1 heterocycles. The van der Waals surface area contributed by atoms with E-state index in [0.29, 0.717) is 16.8 Å². The predicted octanol–water partition coefficient (Wildman–Crippen LogP) is 3.54. The maximum absolute atomic E-state index is 12.3. The number of nitrogens with zero attached hydrogens (tertiary/aromatic N) is 1. The number of aromatic nitrogens is 1. The molecule has 0 bridgehead atoms. The Morgan fingerprint density at radius 1 is 1.16 bits per heavy atom. The van der Waals surface area contributed by atoms with E-state index in [4.69, 9.17) is 5.73 Å². The number of anilines is 1. The first-order valence-electron chi connectivity index (χ1n) is 5.44. The third kappa shape index (κ3) is 3.37. The molecule has 3 nitrogen and oxygen atoms in total. The Bertz CT molecular complexity index is 576. The Hall–Kier alpha value is -2.24. The Labute approximate surface area is 107 Å². The van der Waals surface area contributed by atoms with E-state index in [0.717, 1.165) is 0 Å². The Kier molecular flexibility index (Phi) is 3.33. The number of rotatable bonds is 2. The van der Waals surface area contributed by atoms with Gasteiger partial charge >= 0.3 is 6.36 Å².